The van der Waals surface area contributed by atoms with Crippen LogP contribution in [0.5, 0.6) is 11.5 Å². The molecule has 5 nitrogen and oxygen atoms in total. The van der Waals surface area contributed by atoms with Gasteiger partial charge in [0.2, 0.25) is 0 Å². The van der Waals surface area contributed by atoms with Crippen LogP contribution in [0.1, 0.15) is 0 Å². The molecule has 0 fully saturated rings. The molecule has 0 heterocycles. The molecule has 100 valence electrons. The molecule has 0 spiro atoms. The summed E-state index contributed by atoms with van der Waals surface area (Å²) < 4.78 is 37.9. The van der Waals surface area contributed by atoms with Crippen molar-refractivity contribution in [2.75, 3.05) is 0 Å². The molecule has 0 aliphatic carbocycles. The third-order valence-corrected chi connectivity index (χ3v) is 6.19. The zero-order valence-corrected chi connectivity index (χ0v) is 13.1. The molecular weight excluding hydrogens is 382 g/mol. The Kier molecular flexibility index (Phi) is 5.39. The van der Waals surface area contributed by atoms with E-state index in [9.17, 15) is 7.67 Å². The summed E-state index contributed by atoms with van der Waals surface area (Å²) >= 11 is -6.24. The Bertz CT molecular complexity index is 507. The van der Waals surface area contributed by atoms with Crippen molar-refractivity contribution in [2.45, 2.75) is 0 Å². The first-order chi connectivity index (χ1) is 9.24. The maximum atomic E-state index is 11.5. The summed E-state index contributed by atoms with van der Waals surface area (Å²) in [4.78, 5) is 0. The van der Waals surface area contributed by atoms with Gasteiger partial charge in [0.15, 0.2) is 0 Å². The van der Waals surface area contributed by atoms with E-state index in [0.717, 1.165) is 0 Å². The summed E-state index contributed by atoms with van der Waals surface area (Å²) in [5.41, 5.74) is 0. The minimum absolute atomic E-state index is 0.404. The number of para-hydroxylation sites is 2. The van der Waals surface area contributed by atoms with E-state index in [4.69, 9.17) is 10.5 Å². The van der Waals surface area contributed by atoms with E-state index in [1.54, 1.807) is 60.7 Å². The second kappa shape index (κ2) is 7.28. The van der Waals surface area contributed by atoms with E-state index < -0.39 is 29.0 Å². The molecule has 0 aliphatic rings. The van der Waals surface area contributed by atoms with Crippen LogP contribution in [0.4, 0.5) is 0 Å². The van der Waals surface area contributed by atoms with Crippen molar-refractivity contribution < 1.29 is 18.2 Å². The minimum atomic E-state index is -3.12. The van der Waals surface area contributed by atoms with Crippen LogP contribution in [0.25, 0.3) is 0 Å². The standard InChI is InChI=1S/C12H10O5Se2/c13-18(15-11-7-3-1-4-8-11)17-19(14)16-12-9-5-2-6-10-12/h1-10H. The van der Waals surface area contributed by atoms with Gasteiger partial charge in [-0.2, -0.15) is 0 Å². The van der Waals surface area contributed by atoms with E-state index in [1.165, 1.54) is 0 Å². The number of hydrogen-bond acceptors (Lipinski definition) is 5. The fraction of sp³-hybridized carbons (Fsp3) is 0. The molecule has 0 unspecified atom stereocenters. The van der Waals surface area contributed by atoms with E-state index in [2.05, 4.69) is 0 Å². The molecule has 0 atom stereocenters. The van der Waals surface area contributed by atoms with E-state index in [1.807, 2.05) is 0 Å². The molecule has 0 aromatic heterocycles. The van der Waals surface area contributed by atoms with Crippen LogP contribution in [-0.2, 0) is 10.6 Å². The first-order valence-electron chi connectivity index (χ1n) is 5.23. The van der Waals surface area contributed by atoms with E-state index >= 15 is 0 Å². The van der Waals surface area contributed by atoms with Crippen molar-refractivity contribution >= 4 is 29.0 Å². The van der Waals surface area contributed by atoms with Crippen molar-refractivity contribution in [3.63, 3.8) is 0 Å². The van der Waals surface area contributed by atoms with Crippen molar-refractivity contribution in [3.05, 3.63) is 60.7 Å². The molecule has 0 amide bonds. The van der Waals surface area contributed by atoms with Crippen LogP contribution in [0.2, 0.25) is 0 Å². The molecular formula is C12H10O5Se2. The van der Waals surface area contributed by atoms with Crippen LogP contribution in [0, 0.1) is 0 Å². The summed E-state index contributed by atoms with van der Waals surface area (Å²) in [6.07, 6.45) is 0. The van der Waals surface area contributed by atoms with E-state index in [-0.39, 0.29) is 0 Å². The molecule has 19 heavy (non-hydrogen) atoms. The molecule has 0 saturated carbocycles. The first-order valence-corrected chi connectivity index (χ1v) is 9.43. The number of benzene rings is 2. The van der Waals surface area contributed by atoms with Crippen LogP contribution < -0.4 is 7.64 Å². The van der Waals surface area contributed by atoms with Gasteiger partial charge in [-0.15, -0.1) is 0 Å². The molecule has 2 rings (SSSR count). The third kappa shape index (κ3) is 5.02. The average molecular weight is 392 g/mol. The van der Waals surface area contributed by atoms with Gasteiger partial charge in [-0.3, -0.25) is 0 Å². The van der Waals surface area contributed by atoms with Gasteiger partial charge in [-0.1, -0.05) is 0 Å². The molecule has 2 aromatic carbocycles. The van der Waals surface area contributed by atoms with Gasteiger partial charge in [0.05, 0.1) is 0 Å². The zero-order valence-electron chi connectivity index (χ0n) is 9.63. The summed E-state index contributed by atoms with van der Waals surface area (Å²) in [6, 6.07) is 17.1. The topological polar surface area (TPSA) is 61.8 Å². The second-order valence-corrected chi connectivity index (χ2v) is 7.45. The SMILES string of the molecule is O=[Se](Oc1ccccc1)O[Se](=O)Oc1ccccc1. The average Bonchev–Trinajstić information content (AvgIpc) is 2.40. The molecule has 7 heteroatoms. The molecule has 0 saturated heterocycles. The van der Waals surface area contributed by atoms with Crippen molar-refractivity contribution in [1.82, 2.24) is 0 Å². The molecule has 0 bridgehead atoms. The van der Waals surface area contributed by atoms with Crippen LogP contribution in [0.3, 0.4) is 0 Å². The molecule has 0 N–H and O–H groups in total. The Balaban J connectivity index is 1.84. The van der Waals surface area contributed by atoms with E-state index in [0.29, 0.717) is 11.5 Å². The van der Waals surface area contributed by atoms with Crippen molar-refractivity contribution in [2.24, 2.45) is 0 Å². The van der Waals surface area contributed by atoms with Gasteiger partial charge < -0.3 is 0 Å². The second-order valence-electron chi connectivity index (χ2n) is 3.27. The number of hydrogen-bond donors (Lipinski definition) is 0. The quantitative estimate of drug-likeness (QED) is 0.704. The van der Waals surface area contributed by atoms with Crippen molar-refractivity contribution in [3.8, 4) is 11.5 Å². The van der Waals surface area contributed by atoms with Gasteiger partial charge in [-0.05, 0) is 0 Å². The van der Waals surface area contributed by atoms with Gasteiger partial charge in [0.25, 0.3) is 0 Å². The van der Waals surface area contributed by atoms with Gasteiger partial charge in [0, 0.05) is 0 Å². The summed E-state index contributed by atoms with van der Waals surface area (Å²) in [5.74, 6) is 0.807. The maximum absolute atomic E-state index is 11.5. The summed E-state index contributed by atoms with van der Waals surface area (Å²) in [6.45, 7) is 0. The third-order valence-electron chi connectivity index (χ3n) is 1.93. The van der Waals surface area contributed by atoms with Crippen LogP contribution >= 0.6 is 0 Å². The Labute approximate surface area is 119 Å². The molecule has 0 aliphatic heterocycles. The van der Waals surface area contributed by atoms with Crippen molar-refractivity contribution in [1.29, 1.82) is 0 Å². The monoisotopic (exact) mass is 394 g/mol. The Morgan fingerprint density at radius 2 is 1.00 bits per heavy atom. The Hall–Kier alpha value is -1.36. The fourth-order valence-electron chi connectivity index (χ4n) is 1.18. The summed E-state index contributed by atoms with van der Waals surface area (Å²) in [5, 5.41) is 0. The normalized spacial score (nSPS) is 13.5. The zero-order chi connectivity index (χ0) is 13.5. The Morgan fingerprint density at radius 1 is 0.632 bits per heavy atom. The fourth-order valence-corrected chi connectivity index (χ4v) is 4.21. The van der Waals surface area contributed by atoms with Gasteiger partial charge in [0.1, 0.15) is 0 Å². The van der Waals surface area contributed by atoms with Gasteiger partial charge >= 0.3 is 119 Å². The predicted molar refractivity (Wildman–Crippen MR) is 68.1 cm³/mol. The Morgan fingerprint density at radius 3 is 1.37 bits per heavy atom. The molecule has 2 aromatic rings. The van der Waals surface area contributed by atoms with Crippen LogP contribution in [0.15, 0.2) is 60.7 Å². The molecule has 0 radical (unpaired) electrons. The summed E-state index contributed by atoms with van der Waals surface area (Å²) in [7, 11) is 0. The number of rotatable bonds is 6. The predicted octanol–water partition coefficient (Wildman–Crippen LogP) is 1.99. The first kappa shape index (κ1) is 14.1. The van der Waals surface area contributed by atoms with Gasteiger partial charge in [-0.25, -0.2) is 0 Å². The van der Waals surface area contributed by atoms with Crippen LogP contribution in [-0.4, -0.2) is 29.0 Å².